The summed E-state index contributed by atoms with van der Waals surface area (Å²) in [6, 6.07) is 30.2. The Kier molecular flexibility index (Phi) is 13.8. The zero-order valence-electron chi connectivity index (χ0n) is 27.2. The first kappa shape index (κ1) is 35.0. The third-order valence-electron chi connectivity index (χ3n) is 7.55. The smallest absolute Gasteiger partial charge is 0.407 e. The standard InChI is InChI=1S/C37H49NO6S/c1-6-16-30(38-36(39)44-37(2,3)4)23-31-32(40-24-27-17-10-7-11-18-27)33(41-25-28-19-12-8-13-20-28)34(35(43-31)45-5)42-26-29-21-14-9-15-22-29/h7-15,17-22,30-35H,6,16,23-26H2,1-5H3,(H,38,39). The third kappa shape index (κ3) is 11.5. The Bertz CT molecular complexity index is 1260. The Labute approximate surface area is 273 Å². The number of alkyl carbamates (subject to hydrolysis) is 1. The molecule has 6 atom stereocenters. The summed E-state index contributed by atoms with van der Waals surface area (Å²) in [5.41, 5.74) is 2.31. The first-order valence-corrected chi connectivity index (χ1v) is 17.2. The number of amides is 1. The van der Waals surface area contributed by atoms with E-state index in [0.29, 0.717) is 26.2 Å². The van der Waals surface area contributed by atoms with Gasteiger partial charge in [0.05, 0.1) is 25.9 Å². The molecule has 1 amide bonds. The number of rotatable bonds is 15. The number of carbonyl (C=O) groups excluding carboxylic acids is 1. The summed E-state index contributed by atoms with van der Waals surface area (Å²) in [7, 11) is 0. The normalized spacial score (nSPS) is 22.5. The number of ether oxygens (including phenoxy) is 5. The molecule has 244 valence electrons. The Balaban J connectivity index is 1.63. The topological polar surface area (TPSA) is 75.3 Å². The second-order valence-corrected chi connectivity index (χ2v) is 13.4. The van der Waals surface area contributed by atoms with Gasteiger partial charge in [-0.1, -0.05) is 104 Å². The highest BCUT2D eigenvalue weighted by Gasteiger charge is 2.48. The van der Waals surface area contributed by atoms with Gasteiger partial charge >= 0.3 is 6.09 Å². The molecule has 1 saturated heterocycles. The molecule has 1 fully saturated rings. The van der Waals surface area contributed by atoms with Crippen molar-refractivity contribution in [1.82, 2.24) is 5.32 Å². The molecule has 1 N–H and O–H groups in total. The fourth-order valence-corrected chi connectivity index (χ4v) is 6.23. The minimum Gasteiger partial charge on any atom is -0.444 e. The molecule has 0 spiro atoms. The van der Waals surface area contributed by atoms with Gasteiger partial charge in [-0.2, -0.15) is 0 Å². The maximum absolute atomic E-state index is 12.8. The van der Waals surface area contributed by atoms with Crippen molar-refractivity contribution in [3.63, 3.8) is 0 Å². The molecule has 0 aromatic heterocycles. The summed E-state index contributed by atoms with van der Waals surface area (Å²) in [4.78, 5) is 12.8. The number of hydrogen-bond acceptors (Lipinski definition) is 7. The lowest BCUT2D eigenvalue weighted by Gasteiger charge is -2.46. The molecular weight excluding hydrogens is 586 g/mol. The summed E-state index contributed by atoms with van der Waals surface area (Å²) in [6.45, 7) is 8.93. The average molecular weight is 636 g/mol. The zero-order chi connectivity index (χ0) is 32.1. The fourth-order valence-electron chi connectivity index (χ4n) is 5.48. The largest absolute Gasteiger partial charge is 0.444 e. The molecule has 0 aliphatic carbocycles. The number of benzene rings is 3. The predicted molar refractivity (Wildman–Crippen MR) is 180 cm³/mol. The number of hydrogen-bond donors (Lipinski definition) is 1. The van der Waals surface area contributed by atoms with Gasteiger partial charge in [0, 0.05) is 6.04 Å². The van der Waals surface area contributed by atoms with Gasteiger partial charge in [0.25, 0.3) is 0 Å². The van der Waals surface area contributed by atoms with Crippen molar-refractivity contribution in [3.05, 3.63) is 108 Å². The van der Waals surface area contributed by atoms with E-state index in [1.54, 1.807) is 11.8 Å². The van der Waals surface area contributed by atoms with Crippen molar-refractivity contribution in [2.24, 2.45) is 0 Å². The molecule has 8 heteroatoms. The molecule has 4 rings (SSSR count). The molecule has 0 radical (unpaired) electrons. The molecule has 0 bridgehead atoms. The van der Waals surface area contributed by atoms with Crippen LogP contribution in [-0.4, -0.2) is 53.8 Å². The van der Waals surface area contributed by atoms with E-state index in [2.05, 4.69) is 48.6 Å². The van der Waals surface area contributed by atoms with E-state index in [1.807, 2.05) is 81.6 Å². The van der Waals surface area contributed by atoms with Crippen molar-refractivity contribution in [3.8, 4) is 0 Å². The van der Waals surface area contributed by atoms with E-state index in [1.165, 1.54) is 0 Å². The molecule has 1 aliphatic rings. The molecule has 3 aromatic carbocycles. The number of thioether (sulfide) groups is 1. The van der Waals surface area contributed by atoms with Crippen LogP contribution in [0.4, 0.5) is 4.79 Å². The lowest BCUT2D eigenvalue weighted by atomic mass is 9.92. The van der Waals surface area contributed by atoms with Crippen molar-refractivity contribution in [1.29, 1.82) is 0 Å². The van der Waals surface area contributed by atoms with Crippen molar-refractivity contribution in [2.45, 2.75) is 108 Å². The van der Waals surface area contributed by atoms with Crippen LogP contribution < -0.4 is 5.32 Å². The van der Waals surface area contributed by atoms with E-state index in [9.17, 15) is 4.79 Å². The van der Waals surface area contributed by atoms with Gasteiger partial charge < -0.3 is 29.0 Å². The molecule has 7 nitrogen and oxygen atoms in total. The van der Waals surface area contributed by atoms with Crippen LogP contribution in [0.5, 0.6) is 0 Å². The monoisotopic (exact) mass is 635 g/mol. The van der Waals surface area contributed by atoms with E-state index in [4.69, 9.17) is 23.7 Å². The minimum absolute atomic E-state index is 0.170. The third-order valence-corrected chi connectivity index (χ3v) is 8.40. The van der Waals surface area contributed by atoms with E-state index >= 15 is 0 Å². The highest BCUT2D eigenvalue weighted by atomic mass is 32.2. The predicted octanol–water partition coefficient (Wildman–Crippen LogP) is 7.91. The van der Waals surface area contributed by atoms with Crippen LogP contribution in [0.2, 0.25) is 0 Å². The molecule has 3 aromatic rings. The Morgan fingerprint density at radius 2 is 1.24 bits per heavy atom. The van der Waals surface area contributed by atoms with Gasteiger partial charge in [0.15, 0.2) is 0 Å². The number of carbonyl (C=O) groups is 1. The van der Waals surface area contributed by atoms with Crippen LogP contribution in [0.3, 0.4) is 0 Å². The summed E-state index contributed by atoms with van der Waals surface area (Å²) in [5.74, 6) is 0. The quantitative estimate of drug-likeness (QED) is 0.182. The van der Waals surface area contributed by atoms with Gasteiger partial charge in [-0.3, -0.25) is 0 Å². The summed E-state index contributed by atoms with van der Waals surface area (Å²) >= 11 is 1.60. The van der Waals surface area contributed by atoms with Crippen LogP contribution in [0.1, 0.15) is 63.6 Å². The maximum atomic E-state index is 12.8. The maximum Gasteiger partial charge on any atom is 0.407 e. The lowest BCUT2D eigenvalue weighted by molar-refractivity contribution is -0.248. The highest BCUT2D eigenvalue weighted by molar-refractivity contribution is 7.99. The van der Waals surface area contributed by atoms with Gasteiger partial charge in [-0.15, -0.1) is 11.8 Å². The first-order valence-electron chi connectivity index (χ1n) is 15.9. The van der Waals surface area contributed by atoms with Crippen LogP contribution in [0, 0.1) is 0 Å². The van der Waals surface area contributed by atoms with E-state index in [0.717, 1.165) is 29.5 Å². The molecule has 45 heavy (non-hydrogen) atoms. The Morgan fingerprint density at radius 1 is 0.778 bits per heavy atom. The summed E-state index contributed by atoms with van der Waals surface area (Å²) in [6.07, 6.45) is 2.15. The van der Waals surface area contributed by atoms with Crippen LogP contribution in [-0.2, 0) is 43.5 Å². The summed E-state index contributed by atoms with van der Waals surface area (Å²) in [5, 5.41) is 3.10. The average Bonchev–Trinajstić information content (AvgIpc) is 3.03. The van der Waals surface area contributed by atoms with Crippen molar-refractivity contribution in [2.75, 3.05) is 6.26 Å². The van der Waals surface area contributed by atoms with Gasteiger partial charge in [-0.05, 0) is 56.6 Å². The minimum atomic E-state index is -0.590. The van der Waals surface area contributed by atoms with Crippen LogP contribution in [0.15, 0.2) is 91.0 Å². The molecule has 1 aliphatic heterocycles. The molecule has 6 unspecified atom stereocenters. The summed E-state index contributed by atoms with van der Waals surface area (Å²) < 4.78 is 32.6. The van der Waals surface area contributed by atoms with E-state index in [-0.39, 0.29) is 17.6 Å². The molecule has 1 heterocycles. The second kappa shape index (κ2) is 17.7. The SMILES string of the molecule is CCCC(CC1OC(SC)C(OCc2ccccc2)C(OCc2ccccc2)C1OCc1ccccc1)NC(=O)OC(C)(C)C. The van der Waals surface area contributed by atoms with Crippen molar-refractivity contribution < 1.29 is 28.5 Å². The van der Waals surface area contributed by atoms with E-state index < -0.39 is 30.0 Å². The van der Waals surface area contributed by atoms with Crippen molar-refractivity contribution >= 4 is 17.9 Å². The lowest BCUT2D eigenvalue weighted by Crippen LogP contribution is -2.60. The molecular formula is C37H49NO6S. The Morgan fingerprint density at radius 3 is 1.69 bits per heavy atom. The zero-order valence-corrected chi connectivity index (χ0v) is 28.0. The second-order valence-electron chi connectivity index (χ2n) is 12.4. The van der Waals surface area contributed by atoms with Crippen LogP contribution >= 0.6 is 11.8 Å². The fraction of sp³-hybridized carbons (Fsp3) is 0.486. The molecule has 0 saturated carbocycles. The van der Waals surface area contributed by atoms with Gasteiger partial charge in [0.2, 0.25) is 0 Å². The first-order chi connectivity index (χ1) is 21.8. The number of nitrogens with one attached hydrogen (secondary N) is 1. The van der Waals surface area contributed by atoms with Gasteiger partial charge in [-0.25, -0.2) is 4.79 Å². The Hall–Kier alpha value is -2.88. The van der Waals surface area contributed by atoms with Gasteiger partial charge in [0.1, 0.15) is 29.3 Å². The van der Waals surface area contributed by atoms with Crippen LogP contribution in [0.25, 0.3) is 0 Å². The highest BCUT2D eigenvalue weighted by Crippen LogP contribution is 2.36.